The fraction of sp³-hybridized carbons (Fsp3) is 0.231. The summed E-state index contributed by atoms with van der Waals surface area (Å²) in [6.45, 7) is 0.680. The third-order valence-corrected chi connectivity index (χ3v) is 4.48. The lowest BCUT2D eigenvalue weighted by molar-refractivity contribution is 0.621. The third kappa shape index (κ3) is 3.25. The first kappa shape index (κ1) is 13.8. The van der Waals surface area contributed by atoms with Gasteiger partial charge in [-0.25, -0.2) is 4.39 Å². The van der Waals surface area contributed by atoms with Crippen molar-refractivity contribution in [1.29, 1.82) is 0 Å². The SMILES string of the molecule is CN(Cc1csc(Br)c1)c1ccc(CCl)cc1F. The van der Waals surface area contributed by atoms with Gasteiger partial charge in [-0.05, 0) is 50.6 Å². The van der Waals surface area contributed by atoms with Crippen LogP contribution < -0.4 is 4.90 Å². The molecule has 2 rings (SSSR count). The van der Waals surface area contributed by atoms with Gasteiger partial charge in [0.05, 0.1) is 9.47 Å². The highest BCUT2D eigenvalue weighted by atomic mass is 79.9. The highest BCUT2D eigenvalue weighted by molar-refractivity contribution is 9.11. The minimum absolute atomic E-state index is 0.232. The summed E-state index contributed by atoms with van der Waals surface area (Å²) in [6, 6.07) is 7.16. The molecule has 0 aliphatic rings. The topological polar surface area (TPSA) is 3.24 Å². The number of hydrogen-bond donors (Lipinski definition) is 0. The van der Waals surface area contributed by atoms with Crippen molar-refractivity contribution in [1.82, 2.24) is 0 Å². The van der Waals surface area contributed by atoms with Gasteiger partial charge in [0.15, 0.2) is 0 Å². The Morgan fingerprint density at radius 3 is 2.67 bits per heavy atom. The lowest BCUT2D eigenvalue weighted by Gasteiger charge is -2.19. The molecular formula is C13H12BrClFNS. The minimum atomic E-state index is -0.232. The molecule has 0 unspecified atom stereocenters. The first-order valence-corrected chi connectivity index (χ1v) is 7.59. The van der Waals surface area contributed by atoms with E-state index < -0.39 is 0 Å². The molecule has 0 fully saturated rings. The number of hydrogen-bond acceptors (Lipinski definition) is 2. The zero-order chi connectivity index (χ0) is 13.1. The quantitative estimate of drug-likeness (QED) is 0.701. The van der Waals surface area contributed by atoms with Gasteiger partial charge in [-0.2, -0.15) is 0 Å². The molecule has 18 heavy (non-hydrogen) atoms. The molecule has 0 aliphatic carbocycles. The summed E-state index contributed by atoms with van der Waals surface area (Å²) in [5.74, 6) is 0.100. The first-order valence-electron chi connectivity index (χ1n) is 5.38. The molecule has 0 amide bonds. The normalized spacial score (nSPS) is 10.7. The van der Waals surface area contributed by atoms with Gasteiger partial charge in [0.1, 0.15) is 5.82 Å². The molecule has 0 radical (unpaired) electrons. The Morgan fingerprint density at radius 1 is 1.33 bits per heavy atom. The molecule has 1 aromatic carbocycles. The summed E-state index contributed by atoms with van der Waals surface area (Å²) in [6.07, 6.45) is 0. The molecule has 1 nitrogen and oxygen atoms in total. The Bertz CT molecular complexity index is 544. The molecule has 96 valence electrons. The number of thiophene rings is 1. The number of alkyl halides is 1. The van der Waals surface area contributed by atoms with Crippen LogP contribution in [0, 0.1) is 5.82 Å². The van der Waals surface area contributed by atoms with E-state index in [1.54, 1.807) is 17.4 Å². The summed E-state index contributed by atoms with van der Waals surface area (Å²) in [4.78, 5) is 1.89. The van der Waals surface area contributed by atoms with Crippen molar-refractivity contribution in [2.75, 3.05) is 11.9 Å². The van der Waals surface area contributed by atoms with Crippen LogP contribution in [0.25, 0.3) is 0 Å². The molecule has 1 aromatic heterocycles. The van der Waals surface area contributed by atoms with E-state index in [1.807, 2.05) is 24.1 Å². The maximum atomic E-state index is 13.9. The van der Waals surface area contributed by atoms with Gasteiger partial charge in [-0.1, -0.05) is 6.07 Å². The Kier molecular flexibility index (Phi) is 4.65. The minimum Gasteiger partial charge on any atom is -0.368 e. The standard InChI is InChI=1S/C13H12BrClFNS/c1-17(7-10-5-13(14)18-8-10)12-3-2-9(6-15)4-11(12)16/h2-5,8H,6-7H2,1H3. The first-order chi connectivity index (χ1) is 8.60. The molecule has 0 spiro atoms. The lowest BCUT2D eigenvalue weighted by atomic mass is 10.2. The number of benzene rings is 1. The summed E-state index contributed by atoms with van der Waals surface area (Å²) in [7, 11) is 1.88. The maximum absolute atomic E-state index is 13.9. The fourth-order valence-corrected chi connectivity index (χ4v) is 3.10. The van der Waals surface area contributed by atoms with Crippen LogP contribution in [-0.4, -0.2) is 7.05 Å². The van der Waals surface area contributed by atoms with Crippen LogP contribution >= 0.6 is 38.9 Å². The van der Waals surface area contributed by atoms with Crippen LogP contribution in [0.5, 0.6) is 0 Å². The molecule has 0 bridgehead atoms. The highest BCUT2D eigenvalue weighted by Crippen LogP contribution is 2.25. The second-order valence-corrected chi connectivity index (χ2v) is 6.59. The van der Waals surface area contributed by atoms with E-state index in [0.29, 0.717) is 18.1 Å². The van der Waals surface area contributed by atoms with E-state index in [2.05, 4.69) is 21.3 Å². The van der Waals surface area contributed by atoms with Crippen LogP contribution in [-0.2, 0) is 12.4 Å². The van der Waals surface area contributed by atoms with Crippen molar-refractivity contribution in [3.8, 4) is 0 Å². The van der Waals surface area contributed by atoms with E-state index in [1.165, 1.54) is 6.07 Å². The number of halogens is 3. The van der Waals surface area contributed by atoms with E-state index in [0.717, 1.165) is 14.9 Å². The van der Waals surface area contributed by atoms with Gasteiger partial charge < -0.3 is 4.90 Å². The van der Waals surface area contributed by atoms with Gasteiger partial charge >= 0.3 is 0 Å². The van der Waals surface area contributed by atoms with E-state index >= 15 is 0 Å². The molecule has 0 atom stereocenters. The second-order valence-electron chi connectivity index (χ2n) is 4.03. The average molecular weight is 349 g/mol. The van der Waals surface area contributed by atoms with Gasteiger partial charge in [0, 0.05) is 19.5 Å². The molecule has 2 aromatic rings. The number of nitrogens with zero attached hydrogens (tertiary/aromatic N) is 1. The van der Waals surface area contributed by atoms with Gasteiger partial charge in [0.2, 0.25) is 0 Å². The van der Waals surface area contributed by atoms with Crippen molar-refractivity contribution in [2.45, 2.75) is 12.4 Å². The largest absolute Gasteiger partial charge is 0.368 e. The Labute approximate surface area is 123 Å². The second kappa shape index (κ2) is 6.04. The van der Waals surface area contributed by atoms with Crippen molar-refractivity contribution in [2.24, 2.45) is 0 Å². The number of rotatable bonds is 4. The molecule has 0 N–H and O–H groups in total. The van der Waals surface area contributed by atoms with Crippen LogP contribution in [0.4, 0.5) is 10.1 Å². The van der Waals surface area contributed by atoms with Crippen LogP contribution in [0.2, 0.25) is 0 Å². The van der Waals surface area contributed by atoms with E-state index in [4.69, 9.17) is 11.6 Å². The summed E-state index contributed by atoms with van der Waals surface area (Å²) >= 11 is 10.7. The Hall–Kier alpha value is -0.580. The number of anilines is 1. The summed E-state index contributed by atoms with van der Waals surface area (Å²) in [5.41, 5.74) is 2.55. The molecule has 0 aliphatic heterocycles. The smallest absolute Gasteiger partial charge is 0.146 e. The van der Waals surface area contributed by atoms with Crippen LogP contribution in [0.1, 0.15) is 11.1 Å². The maximum Gasteiger partial charge on any atom is 0.146 e. The molecule has 0 saturated heterocycles. The predicted octanol–water partition coefficient (Wildman–Crippen LogP) is 5.02. The highest BCUT2D eigenvalue weighted by Gasteiger charge is 2.09. The van der Waals surface area contributed by atoms with Crippen LogP contribution in [0.15, 0.2) is 33.4 Å². The van der Waals surface area contributed by atoms with Crippen molar-refractivity contribution in [3.63, 3.8) is 0 Å². The Balaban J connectivity index is 2.15. The molecule has 5 heteroatoms. The third-order valence-electron chi connectivity index (χ3n) is 2.62. The summed E-state index contributed by atoms with van der Waals surface area (Å²) in [5, 5.41) is 2.06. The van der Waals surface area contributed by atoms with Crippen molar-refractivity contribution in [3.05, 3.63) is 50.4 Å². The van der Waals surface area contributed by atoms with Gasteiger partial charge in [-0.15, -0.1) is 22.9 Å². The fourth-order valence-electron chi connectivity index (χ4n) is 1.73. The molecule has 0 saturated carbocycles. The molecular weight excluding hydrogens is 337 g/mol. The van der Waals surface area contributed by atoms with E-state index in [-0.39, 0.29) is 5.82 Å². The van der Waals surface area contributed by atoms with Crippen LogP contribution in [0.3, 0.4) is 0 Å². The molecule has 1 heterocycles. The van der Waals surface area contributed by atoms with Gasteiger partial charge in [0.25, 0.3) is 0 Å². The average Bonchev–Trinajstić information content (AvgIpc) is 2.74. The predicted molar refractivity (Wildman–Crippen MR) is 80.1 cm³/mol. The zero-order valence-electron chi connectivity index (χ0n) is 9.79. The van der Waals surface area contributed by atoms with Gasteiger partial charge in [-0.3, -0.25) is 0 Å². The lowest BCUT2D eigenvalue weighted by Crippen LogP contribution is -2.17. The monoisotopic (exact) mass is 347 g/mol. The van der Waals surface area contributed by atoms with E-state index in [9.17, 15) is 4.39 Å². The summed E-state index contributed by atoms with van der Waals surface area (Å²) < 4.78 is 15.0. The van der Waals surface area contributed by atoms with Crippen molar-refractivity contribution >= 4 is 44.6 Å². The zero-order valence-corrected chi connectivity index (χ0v) is 12.9. The Morgan fingerprint density at radius 2 is 2.11 bits per heavy atom. The van der Waals surface area contributed by atoms with Crippen molar-refractivity contribution < 1.29 is 4.39 Å².